The number of nitrogens with one attached hydrogen (secondary N) is 2. The monoisotopic (exact) mass is 427 g/mol. The molecule has 0 atom stereocenters. The van der Waals surface area contributed by atoms with Crippen LogP contribution in [0.4, 0.5) is 0 Å². The maximum absolute atomic E-state index is 5.53. The third-order valence-electron chi connectivity index (χ3n) is 3.72. The molecule has 2 N–H and O–H groups in total. The Labute approximate surface area is 153 Å². The van der Waals surface area contributed by atoms with Gasteiger partial charge in [-0.25, -0.2) is 0 Å². The summed E-state index contributed by atoms with van der Waals surface area (Å²) >= 11 is 0. The molecule has 1 fully saturated rings. The number of guanidine groups is 1. The van der Waals surface area contributed by atoms with E-state index in [-0.39, 0.29) is 24.0 Å². The maximum atomic E-state index is 5.53. The first kappa shape index (κ1) is 21.9. The van der Waals surface area contributed by atoms with Crippen molar-refractivity contribution in [2.75, 3.05) is 40.0 Å². The predicted octanol–water partition coefficient (Wildman–Crippen LogP) is 2.94. The number of nitrogens with zero attached hydrogens (tertiary/aromatic N) is 1. The summed E-state index contributed by atoms with van der Waals surface area (Å²) in [5.41, 5.74) is 0. The van der Waals surface area contributed by atoms with Crippen molar-refractivity contribution in [1.29, 1.82) is 0 Å². The van der Waals surface area contributed by atoms with Crippen molar-refractivity contribution in [3.8, 4) is 0 Å². The highest BCUT2D eigenvalue weighted by molar-refractivity contribution is 14.0. The minimum absolute atomic E-state index is 0. The lowest BCUT2D eigenvalue weighted by Gasteiger charge is -2.24. The first-order valence-electron chi connectivity index (χ1n) is 8.49. The van der Waals surface area contributed by atoms with Gasteiger partial charge in [0, 0.05) is 26.2 Å². The zero-order chi connectivity index (χ0) is 15.2. The molecule has 0 aliphatic heterocycles. The molecule has 6 heteroatoms. The summed E-state index contributed by atoms with van der Waals surface area (Å²) in [6, 6.07) is 0.581. The number of hydrogen-bond donors (Lipinski definition) is 2. The van der Waals surface area contributed by atoms with Crippen molar-refractivity contribution >= 4 is 29.9 Å². The van der Waals surface area contributed by atoms with Gasteiger partial charge in [0.15, 0.2) is 5.96 Å². The van der Waals surface area contributed by atoms with Gasteiger partial charge in [0.1, 0.15) is 0 Å². The molecular formula is C16H34IN3O2. The van der Waals surface area contributed by atoms with E-state index in [2.05, 4.69) is 22.5 Å². The molecule has 0 aromatic carbocycles. The zero-order valence-corrected chi connectivity index (χ0v) is 16.6. The number of unbranched alkanes of at least 4 members (excludes halogenated alkanes) is 1. The Hall–Kier alpha value is -0.0800. The van der Waals surface area contributed by atoms with Gasteiger partial charge >= 0.3 is 0 Å². The molecular weight excluding hydrogens is 393 g/mol. The SMILES string of the molecule is CCCCOCCOCCNC(=NC)NC1CCCCC1.I. The molecule has 0 spiro atoms. The van der Waals surface area contributed by atoms with Crippen molar-refractivity contribution in [2.24, 2.45) is 4.99 Å². The quantitative estimate of drug-likeness (QED) is 0.244. The summed E-state index contributed by atoms with van der Waals surface area (Å²) in [5, 5.41) is 6.79. The first-order chi connectivity index (χ1) is 10.4. The van der Waals surface area contributed by atoms with E-state index in [4.69, 9.17) is 9.47 Å². The van der Waals surface area contributed by atoms with Crippen LogP contribution in [-0.4, -0.2) is 52.0 Å². The van der Waals surface area contributed by atoms with E-state index in [0.717, 1.165) is 25.5 Å². The normalized spacial score (nSPS) is 16.2. The molecule has 0 radical (unpaired) electrons. The second-order valence-corrected chi connectivity index (χ2v) is 5.56. The lowest BCUT2D eigenvalue weighted by Crippen LogP contribution is -2.45. The van der Waals surface area contributed by atoms with Gasteiger partial charge in [-0.2, -0.15) is 0 Å². The highest BCUT2D eigenvalue weighted by Crippen LogP contribution is 2.17. The fraction of sp³-hybridized carbons (Fsp3) is 0.938. The van der Waals surface area contributed by atoms with Crippen molar-refractivity contribution in [3.05, 3.63) is 0 Å². The van der Waals surface area contributed by atoms with E-state index in [1.807, 2.05) is 7.05 Å². The van der Waals surface area contributed by atoms with Crippen molar-refractivity contribution < 1.29 is 9.47 Å². The molecule has 1 aliphatic carbocycles. The molecule has 132 valence electrons. The number of hydrogen-bond acceptors (Lipinski definition) is 3. The summed E-state index contributed by atoms with van der Waals surface area (Å²) in [6.45, 7) is 5.83. The van der Waals surface area contributed by atoms with Crippen molar-refractivity contribution in [3.63, 3.8) is 0 Å². The number of rotatable bonds is 10. The van der Waals surface area contributed by atoms with E-state index in [9.17, 15) is 0 Å². The van der Waals surface area contributed by atoms with Crippen LogP contribution in [0.1, 0.15) is 51.9 Å². The molecule has 1 aliphatic rings. The smallest absolute Gasteiger partial charge is 0.191 e. The molecule has 0 bridgehead atoms. The predicted molar refractivity (Wildman–Crippen MR) is 103 cm³/mol. The van der Waals surface area contributed by atoms with Crippen LogP contribution in [0.3, 0.4) is 0 Å². The van der Waals surface area contributed by atoms with Crippen LogP contribution in [-0.2, 0) is 9.47 Å². The van der Waals surface area contributed by atoms with Crippen LogP contribution in [0.15, 0.2) is 4.99 Å². The van der Waals surface area contributed by atoms with Crippen LogP contribution in [0.2, 0.25) is 0 Å². The Morgan fingerprint density at radius 1 is 1.05 bits per heavy atom. The summed E-state index contributed by atoms with van der Waals surface area (Å²) in [6.07, 6.45) is 8.85. The van der Waals surface area contributed by atoms with Gasteiger partial charge in [-0.1, -0.05) is 32.6 Å². The van der Waals surface area contributed by atoms with E-state index in [0.29, 0.717) is 25.9 Å². The van der Waals surface area contributed by atoms with E-state index in [1.165, 1.54) is 38.5 Å². The number of halogens is 1. The largest absolute Gasteiger partial charge is 0.379 e. The van der Waals surface area contributed by atoms with Gasteiger partial charge < -0.3 is 20.1 Å². The average Bonchev–Trinajstić information content (AvgIpc) is 2.53. The van der Waals surface area contributed by atoms with Gasteiger partial charge in [0.25, 0.3) is 0 Å². The fourth-order valence-corrected chi connectivity index (χ4v) is 2.44. The first-order valence-corrected chi connectivity index (χ1v) is 8.49. The lowest BCUT2D eigenvalue weighted by atomic mass is 9.96. The molecule has 0 amide bonds. The van der Waals surface area contributed by atoms with E-state index < -0.39 is 0 Å². The molecule has 1 saturated carbocycles. The van der Waals surface area contributed by atoms with Crippen LogP contribution < -0.4 is 10.6 Å². The van der Waals surface area contributed by atoms with Gasteiger partial charge in [0.2, 0.25) is 0 Å². The van der Waals surface area contributed by atoms with Crippen LogP contribution in [0, 0.1) is 0 Å². The molecule has 0 unspecified atom stereocenters. The molecule has 1 rings (SSSR count). The van der Waals surface area contributed by atoms with Gasteiger partial charge in [-0.15, -0.1) is 24.0 Å². The summed E-state index contributed by atoms with van der Waals surface area (Å²) in [7, 11) is 1.82. The second kappa shape index (κ2) is 15.8. The van der Waals surface area contributed by atoms with E-state index in [1.54, 1.807) is 0 Å². The average molecular weight is 427 g/mol. The number of ether oxygens (including phenoxy) is 2. The topological polar surface area (TPSA) is 54.9 Å². The molecule has 22 heavy (non-hydrogen) atoms. The van der Waals surface area contributed by atoms with Crippen molar-refractivity contribution in [1.82, 2.24) is 10.6 Å². The van der Waals surface area contributed by atoms with E-state index >= 15 is 0 Å². The third-order valence-corrected chi connectivity index (χ3v) is 3.72. The highest BCUT2D eigenvalue weighted by atomic mass is 127. The van der Waals surface area contributed by atoms with Gasteiger partial charge in [-0.05, 0) is 19.3 Å². The third kappa shape index (κ3) is 11.5. The molecule has 0 aromatic heterocycles. The maximum Gasteiger partial charge on any atom is 0.191 e. The molecule has 0 aromatic rings. The standard InChI is InChI=1S/C16H33N3O2.HI/c1-3-4-11-20-13-14-21-12-10-18-16(17-2)19-15-8-6-5-7-9-15;/h15H,3-14H2,1-2H3,(H2,17,18,19);1H. The second-order valence-electron chi connectivity index (χ2n) is 5.56. The summed E-state index contributed by atoms with van der Waals surface area (Å²) in [5.74, 6) is 0.893. The lowest BCUT2D eigenvalue weighted by molar-refractivity contribution is 0.0487. The summed E-state index contributed by atoms with van der Waals surface area (Å²) in [4.78, 5) is 4.26. The van der Waals surface area contributed by atoms with Gasteiger partial charge in [0.05, 0.1) is 19.8 Å². The Bertz CT molecular complexity index is 272. The van der Waals surface area contributed by atoms with Crippen molar-refractivity contribution in [2.45, 2.75) is 57.9 Å². The molecule has 0 heterocycles. The fourth-order valence-electron chi connectivity index (χ4n) is 2.44. The minimum Gasteiger partial charge on any atom is -0.379 e. The Morgan fingerprint density at radius 2 is 1.73 bits per heavy atom. The Balaban J connectivity index is 0.00000441. The van der Waals surface area contributed by atoms with Crippen LogP contribution in [0.5, 0.6) is 0 Å². The Morgan fingerprint density at radius 3 is 2.36 bits per heavy atom. The highest BCUT2D eigenvalue weighted by Gasteiger charge is 2.13. The molecule has 5 nitrogen and oxygen atoms in total. The zero-order valence-electron chi connectivity index (χ0n) is 14.2. The van der Waals surface area contributed by atoms with Crippen LogP contribution in [0.25, 0.3) is 0 Å². The van der Waals surface area contributed by atoms with Crippen LogP contribution >= 0.6 is 24.0 Å². The summed E-state index contributed by atoms with van der Waals surface area (Å²) < 4.78 is 11.0. The number of aliphatic imine (C=N–C) groups is 1. The van der Waals surface area contributed by atoms with Gasteiger partial charge in [-0.3, -0.25) is 4.99 Å². The minimum atomic E-state index is 0. The molecule has 0 saturated heterocycles. The Kier molecular flexibility index (Phi) is 15.7.